The summed E-state index contributed by atoms with van der Waals surface area (Å²) >= 11 is 0. The Kier molecular flexibility index (Phi) is 3.59. The number of fused-ring (bicyclic) bond motifs is 1. The van der Waals surface area contributed by atoms with Crippen LogP contribution >= 0.6 is 0 Å². The standard InChI is InChI=1S/C14H20N2O2/c1-17-13-10-16(9-11-5-2-3-7-15-11)12-6-4-8-18-14(12)13/h2-3,5,7,12-14H,4,6,8-10H2,1H3/t12-,13+,14+/m1/s1. The first-order chi connectivity index (χ1) is 8.88. The van der Waals surface area contributed by atoms with E-state index >= 15 is 0 Å². The molecule has 4 nitrogen and oxygen atoms in total. The fourth-order valence-electron chi connectivity index (χ4n) is 3.09. The lowest BCUT2D eigenvalue weighted by molar-refractivity contribution is -0.0655. The van der Waals surface area contributed by atoms with Gasteiger partial charge in [-0.15, -0.1) is 0 Å². The van der Waals surface area contributed by atoms with Crippen molar-refractivity contribution in [1.29, 1.82) is 0 Å². The molecular weight excluding hydrogens is 228 g/mol. The summed E-state index contributed by atoms with van der Waals surface area (Å²) in [5.41, 5.74) is 1.12. The van der Waals surface area contributed by atoms with E-state index in [-0.39, 0.29) is 12.2 Å². The van der Waals surface area contributed by atoms with E-state index in [0.29, 0.717) is 6.04 Å². The fraction of sp³-hybridized carbons (Fsp3) is 0.643. The Hall–Kier alpha value is -0.970. The maximum atomic E-state index is 5.89. The largest absolute Gasteiger partial charge is 0.377 e. The van der Waals surface area contributed by atoms with Gasteiger partial charge in [-0.25, -0.2) is 0 Å². The molecule has 0 unspecified atom stereocenters. The molecule has 0 bridgehead atoms. The first-order valence-corrected chi connectivity index (χ1v) is 6.67. The summed E-state index contributed by atoms with van der Waals surface area (Å²) in [5, 5.41) is 0. The minimum absolute atomic E-state index is 0.207. The third-order valence-corrected chi connectivity index (χ3v) is 3.98. The Labute approximate surface area is 108 Å². The lowest BCUT2D eigenvalue weighted by Crippen LogP contribution is -2.41. The van der Waals surface area contributed by atoms with Gasteiger partial charge < -0.3 is 9.47 Å². The Balaban J connectivity index is 1.72. The molecule has 2 saturated heterocycles. The van der Waals surface area contributed by atoms with E-state index in [1.54, 1.807) is 7.11 Å². The predicted molar refractivity (Wildman–Crippen MR) is 68.2 cm³/mol. The Morgan fingerprint density at radius 2 is 2.44 bits per heavy atom. The summed E-state index contributed by atoms with van der Waals surface area (Å²) in [6.45, 7) is 2.71. The normalized spacial score (nSPS) is 32.4. The second-order valence-corrected chi connectivity index (χ2v) is 5.07. The molecule has 0 saturated carbocycles. The highest BCUT2D eigenvalue weighted by Crippen LogP contribution is 2.31. The molecule has 2 aliphatic heterocycles. The van der Waals surface area contributed by atoms with E-state index in [1.807, 2.05) is 18.3 Å². The van der Waals surface area contributed by atoms with Crippen LogP contribution in [-0.2, 0) is 16.0 Å². The molecule has 0 aliphatic carbocycles. The van der Waals surface area contributed by atoms with Crippen LogP contribution < -0.4 is 0 Å². The smallest absolute Gasteiger partial charge is 0.100 e. The van der Waals surface area contributed by atoms with Gasteiger partial charge in [0.1, 0.15) is 6.10 Å². The minimum atomic E-state index is 0.207. The van der Waals surface area contributed by atoms with Crippen molar-refractivity contribution < 1.29 is 9.47 Å². The van der Waals surface area contributed by atoms with Crippen LogP contribution in [0, 0.1) is 0 Å². The summed E-state index contributed by atoms with van der Waals surface area (Å²) in [7, 11) is 1.78. The van der Waals surface area contributed by atoms with Gasteiger partial charge in [-0.2, -0.15) is 0 Å². The number of nitrogens with zero attached hydrogens (tertiary/aromatic N) is 2. The van der Waals surface area contributed by atoms with Crippen molar-refractivity contribution in [3.05, 3.63) is 30.1 Å². The summed E-state index contributed by atoms with van der Waals surface area (Å²) in [6.07, 6.45) is 4.66. The highest BCUT2D eigenvalue weighted by molar-refractivity contribution is 5.06. The van der Waals surface area contributed by atoms with Crippen molar-refractivity contribution in [1.82, 2.24) is 9.88 Å². The van der Waals surface area contributed by atoms with Crippen LogP contribution in [0.1, 0.15) is 18.5 Å². The van der Waals surface area contributed by atoms with Gasteiger partial charge in [0.15, 0.2) is 0 Å². The van der Waals surface area contributed by atoms with E-state index in [9.17, 15) is 0 Å². The second-order valence-electron chi connectivity index (χ2n) is 5.07. The molecule has 2 fully saturated rings. The van der Waals surface area contributed by atoms with Gasteiger partial charge in [-0.3, -0.25) is 9.88 Å². The van der Waals surface area contributed by atoms with E-state index < -0.39 is 0 Å². The molecule has 3 heterocycles. The number of aromatic nitrogens is 1. The van der Waals surface area contributed by atoms with Gasteiger partial charge in [0.25, 0.3) is 0 Å². The zero-order valence-electron chi connectivity index (χ0n) is 10.8. The molecule has 0 aromatic carbocycles. The van der Waals surface area contributed by atoms with Gasteiger partial charge in [-0.1, -0.05) is 6.07 Å². The lowest BCUT2D eigenvalue weighted by atomic mass is 10.0. The van der Waals surface area contributed by atoms with E-state index in [0.717, 1.165) is 31.8 Å². The van der Waals surface area contributed by atoms with Gasteiger partial charge >= 0.3 is 0 Å². The zero-order chi connectivity index (χ0) is 12.4. The number of hydrogen-bond donors (Lipinski definition) is 0. The summed E-state index contributed by atoms with van der Waals surface area (Å²) in [6, 6.07) is 6.57. The SMILES string of the molecule is CO[C@H]1CN(Cc2ccccn2)[C@@H]2CCCO[C@H]12. The van der Waals surface area contributed by atoms with Crippen LogP contribution in [0.5, 0.6) is 0 Å². The second kappa shape index (κ2) is 5.34. The molecule has 4 heteroatoms. The molecule has 3 rings (SSSR count). The predicted octanol–water partition coefficient (Wildman–Crippen LogP) is 1.46. The molecule has 18 heavy (non-hydrogen) atoms. The Morgan fingerprint density at radius 1 is 1.50 bits per heavy atom. The molecule has 0 N–H and O–H groups in total. The number of ether oxygens (including phenoxy) is 2. The van der Waals surface area contributed by atoms with Gasteiger partial charge in [0, 0.05) is 39.0 Å². The number of likely N-dealkylation sites (tertiary alicyclic amines) is 1. The summed E-state index contributed by atoms with van der Waals surface area (Å²) in [5.74, 6) is 0. The average molecular weight is 248 g/mol. The molecule has 0 amide bonds. The first kappa shape index (κ1) is 12.1. The molecule has 2 aliphatic rings. The molecule has 1 aromatic rings. The van der Waals surface area contributed by atoms with Crippen LogP contribution in [-0.4, -0.2) is 48.4 Å². The molecular formula is C14H20N2O2. The number of pyridine rings is 1. The third-order valence-electron chi connectivity index (χ3n) is 3.98. The van der Waals surface area contributed by atoms with Crippen molar-refractivity contribution in [2.75, 3.05) is 20.3 Å². The van der Waals surface area contributed by atoms with E-state index in [4.69, 9.17) is 9.47 Å². The van der Waals surface area contributed by atoms with E-state index in [2.05, 4.69) is 16.0 Å². The van der Waals surface area contributed by atoms with Crippen molar-refractivity contribution in [2.24, 2.45) is 0 Å². The molecule has 3 atom stereocenters. The number of hydrogen-bond acceptors (Lipinski definition) is 4. The molecule has 0 spiro atoms. The number of rotatable bonds is 3. The van der Waals surface area contributed by atoms with Crippen LogP contribution in [0.15, 0.2) is 24.4 Å². The minimum Gasteiger partial charge on any atom is -0.377 e. The van der Waals surface area contributed by atoms with Crippen LogP contribution in [0.2, 0.25) is 0 Å². The Bertz CT molecular complexity index is 385. The first-order valence-electron chi connectivity index (χ1n) is 6.67. The van der Waals surface area contributed by atoms with Crippen LogP contribution in [0.3, 0.4) is 0 Å². The molecule has 98 valence electrons. The van der Waals surface area contributed by atoms with E-state index in [1.165, 1.54) is 6.42 Å². The average Bonchev–Trinajstić information content (AvgIpc) is 2.78. The summed E-state index contributed by atoms with van der Waals surface area (Å²) < 4.78 is 11.4. The van der Waals surface area contributed by atoms with Gasteiger partial charge in [-0.05, 0) is 25.0 Å². The monoisotopic (exact) mass is 248 g/mol. The lowest BCUT2D eigenvalue weighted by Gasteiger charge is -2.31. The van der Waals surface area contributed by atoms with Crippen LogP contribution in [0.25, 0.3) is 0 Å². The molecule has 0 radical (unpaired) electrons. The van der Waals surface area contributed by atoms with Crippen molar-refractivity contribution in [2.45, 2.75) is 37.6 Å². The van der Waals surface area contributed by atoms with Gasteiger partial charge in [0.05, 0.1) is 11.8 Å². The van der Waals surface area contributed by atoms with Gasteiger partial charge in [0.2, 0.25) is 0 Å². The van der Waals surface area contributed by atoms with Crippen molar-refractivity contribution >= 4 is 0 Å². The fourth-order valence-corrected chi connectivity index (χ4v) is 3.09. The van der Waals surface area contributed by atoms with Crippen LogP contribution in [0.4, 0.5) is 0 Å². The Morgan fingerprint density at radius 3 is 3.22 bits per heavy atom. The highest BCUT2D eigenvalue weighted by atomic mass is 16.5. The highest BCUT2D eigenvalue weighted by Gasteiger charge is 2.44. The maximum Gasteiger partial charge on any atom is 0.100 e. The summed E-state index contributed by atoms with van der Waals surface area (Å²) in [4.78, 5) is 6.87. The zero-order valence-corrected chi connectivity index (χ0v) is 10.8. The third kappa shape index (κ3) is 2.28. The van der Waals surface area contributed by atoms with Crippen molar-refractivity contribution in [3.8, 4) is 0 Å². The number of methoxy groups -OCH3 is 1. The maximum absolute atomic E-state index is 5.89. The van der Waals surface area contributed by atoms with Crippen molar-refractivity contribution in [3.63, 3.8) is 0 Å². The quantitative estimate of drug-likeness (QED) is 0.811. The molecule has 1 aromatic heterocycles. The topological polar surface area (TPSA) is 34.6 Å².